The summed E-state index contributed by atoms with van der Waals surface area (Å²) in [6.45, 7) is 1.80. The molecule has 180 valence electrons. The maximum atomic E-state index is 14.9. The van der Waals surface area contributed by atoms with Gasteiger partial charge in [-0.1, -0.05) is 0 Å². The molecule has 0 saturated carbocycles. The highest BCUT2D eigenvalue weighted by Crippen LogP contribution is 2.28. The van der Waals surface area contributed by atoms with Crippen LogP contribution in [0.1, 0.15) is 6.92 Å². The molecule has 2 aliphatic heterocycles. The molecule has 0 aromatic heterocycles. The topological polar surface area (TPSA) is 138 Å². The van der Waals surface area contributed by atoms with Crippen LogP contribution < -0.4 is 15.1 Å². The summed E-state index contributed by atoms with van der Waals surface area (Å²) in [6.07, 6.45) is 0.169. The first-order valence-corrected chi connectivity index (χ1v) is 10.4. The number of halogens is 1. The van der Waals surface area contributed by atoms with Gasteiger partial charge in [-0.05, 0) is 18.2 Å². The summed E-state index contributed by atoms with van der Waals surface area (Å²) in [5.74, 6) is -0.822. The number of cyclic esters (lactones) is 1. The quantitative estimate of drug-likeness (QED) is 0.481. The van der Waals surface area contributed by atoms with Gasteiger partial charge in [-0.25, -0.2) is 19.0 Å². The first kappa shape index (κ1) is 24.2. The summed E-state index contributed by atoms with van der Waals surface area (Å²) in [5, 5.41) is 26.0. The van der Waals surface area contributed by atoms with Crippen LogP contribution in [0, 0.1) is 5.82 Å². The van der Waals surface area contributed by atoms with Gasteiger partial charge in [0.15, 0.2) is 0 Å². The zero-order valence-corrected chi connectivity index (χ0v) is 18.2. The number of aliphatic hydroxyl groups excluding tert-OH is 2. The van der Waals surface area contributed by atoms with Gasteiger partial charge in [0.25, 0.3) is 0 Å². The van der Waals surface area contributed by atoms with Crippen LogP contribution in [-0.4, -0.2) is 103 Å². The summed E-state index contributed by atoms with van der Waals surface area (Å²) >= 11 is 0. The Hall–Kier alpha value is -3.45. The molecule has 1 unspecified atom stereocenters. The molecule has 0 radical (unpaired) electrons. The zero-order valence-electron chi connectivity index (χ0n) is 18.2. The van der Waals surface area contributed by atoms with Crippen molar-refractivity contribution in [3.63, 3.8) is 0 Å². The number of hydrogen-bond donors (Lipinski definition) is 3. The molecule has 0 aliphatic carbocycles. The number of carbonyl (C=O) groups excluding carboxylic acids is 3. The fourth-order valence-corrected chi connectivity index (χ4v) is 3.47. The van der Waals surface area contributed by atoms with Gasteiger partial charge in [-0.15, -0.1) is 0 Å². The summed E-state index contributed by atoms with van der Waals surface area (Å²) in [4.78, 5) is 39.8. The molecule has 2 heterocycles. The summed E-state index contributed by atoms with van der Waals surface area (Å²) in [6, 6.07) is 3.83. The second kappa shape index (κ2) is 10.9. The predicted molar refractivity (Wildman–Crippen MR) is 116 cm³/mol. The SMILES string of the molecule is CC(=O)NCC1CN(c2ccc(N3C=NN(C(=O)N(CCO)CCO)CC3)c(F)c2)C(=O)O1. The smallest absolute Gasteiger partial charge is 0.414 e. The highest BCUT2D eigenvalue weighted by molar-refractivity contribution is 5.91. The molecular weight excluding hydrogens is 439 g/mol. The van der Waals surface area contributed by atoms with Gasteiger partial charge >= 0.3 is 12.1 Å². The average molecular weight is 466 g/mol. The van der Waals surface area contributed by atoms with E-state index in [0.29, 0.717) is 5.69 Å². The molecule has 1 atom stereocenters. The van der Waals surface area contributed by atoms with Crippen molar-refractivity contribution < 1.29 is 33.7 Å². The summed E-state index contributed by atoms with van der Waals surface area (Å²) in [5.41, 5.74) is 0.542. The van der Waals surface area contributed by atoms with E-state index in [1.165, 1.54) is 45.1 Å². The maximum absolute atomic E-state index is 14.9. The van der Waals surface area contributed by atoms with Gasteiger partial charge < -0.3 is 30.1 Å². The van der Waals surface area contributed by atoms with Crippen molar-refractivity contribution in [3.8, 4) is 0 Å². The van der Waals surface area contributed by atoms with Crippen LogP contribution in [0.2, 0.25) is 0 Å². The third-order valence-electron chi connectivity index (χ3n) is 5.12. The third-order valence-corrected chi connectivity index (χ3v) is 5.12. The van der Waals surface area contributed by atoms with Crippen molar-refractivity contribution in [1.82, 2.24) is 15.2 Å². The van der Waals surface area contributed by atoms with Gasteiger partial charge in [0, 0.05) is 26.6 Å². The number of nitrogens with zero attached hydrogens (tertiary/aromatic N) is 5. The second-order valence-corrected chi connectivity index (χ2v) is 7.45. The van der Waals surface area contributed by atoms with Crippen molar-refractivity contribution in [1.29, 1.82) is 0 Å². The third kappa shape index (κ3) is 5.87. The number of amides is 4. The number of ether oxygens (including phenoxy) is 1. The molecule has 3 N–H and O–H groups in total. The van der Waals surface area contributed by atoms with Crippen molar-refractivity contribution in [2.24, 2.45) is 5.10 Å². The fraction of sp³-hybridized carbons (Fsp3) is 0.500. The van der Waals surface area contributed by atoms with Crippen LogP contribution in [0.15, 0.2) is 23.3 Å². The summed E-state index contributed by atoms with van der Waals surface area (Å²) < 4.78 is 20.1. The van der Waals surface area contributed by atoms with E-state index >= 15 is 0 Å². The van der Waals surface area contributed by atoms with Crippen LogP contribution in [0.25, 0.3) is 0 Å². The number of hydrogen-bond acceptors (Lipinski definition) is 8. The largest absolute Gasteiger partial charge is 0.442 e. The van der Waals surface area contributed by atoms with E-state index in [4.69, 9.17) is 14.9 Å². The first-order chi connectivity index (χ1) is 15.8. The number of aliphatic hydroxyl groups is 2. The Labute approximate surface area is 189 Å². The molecule has 33 heavy (non-hydrogen) atoms. The standard InChI is InChI=1S/C20H27FN6O6/c1-14(30)22-11-16-12-26(20(32)33-16)15-2-3-18(17(21)10-15)25-4-5-27(23-13-25)19(31)24(6-8-28)7-9-29/h2-3,10,13,16,28-29H,4-9,11-12H2,1H3,(H,22,30). The predicted octanol–water partition coefficient (Wildman–Crippen LogP) is -0.241. The molecule has 1 fully saturated rings. The van der Waals surface area contributed by atoms with E-state index < -0.39 is 24.0 Å². The zero-order chi connectivity index (χ0) is 24.0. The van der Waals surface area contributed by atoms with Gasteiger partial charge in [-0.2, -0.15) is 5.10 Å². The Morgan fingerprint density at radius 2 is 2.00 bits per heavy atom. The van der Waals surface area contributed by atoms with Gasteiger partial charge in [0.05, 0.1) is 44.2 Å². The molecule has 2 aliphatic rings. The lowest BCUT2D eigenvalue weighted by Gasteiger charge is -2.32. The Balaban J connectivity index is 1.65. The van der Waals surface area contributed by atoms with Crippen molar-refractivity contribution in [2.75, 3.05) is 62.3 Å². The van der Waals surface area contributed by atoms with Crippen LogP contribution >= 0.6 is 0 Å². The Morgan fingerprint density at radius 3 is 2.58 bits per heavy atom. The van der Waals surface area contributed by atoms with E-state index in [0.717, 1.165) is 0 Å². The number of nitrogens with one attached hydrogen (secondary N) is 1. The lowest BCUT2D eigenvalue weighted by molar-refractivity contribution is -0.119. The average Bonchev–Trinajstić information content (AvgIpc) is 3.17. The maximum Gasteiger partial charge on any atom is 0.414 e. The van der Waals surface area contributed by atoms with Crippen molar-refractivity contribution >= 4 is 35.7 Å². The molecule has 1 aromatic carbocycles. The van der Waals surface area contributed by atoms with Gasteiger partial charge in [-0.3, -0.25) is 9.69 Å². The van der Waals surface area contributed by atoms with Crippen LogP contribution in [0.4, 0.5) is 25.4 Å². The van der Waals surface area contributed by atoms with Crippen LogP contribution in [0.3, 0.4) is 0 Å². The Kier molecular flexibility index (Phi) is 8.01. The molecule has 3 rings (SSSR count). The molecule has 4 amide bonds. The Bertz CT molecular complexity index is 909. The number of urea groups is 1. The minimum atomic E-state index is -0.624. The number of benzene rings is 1. The highest BCUT2D eigenvalue weighted by atomic mass is 19.1. The molecule has 1 saturated heterocycles. The molecule has 0 bridgehead atoms. The highest BCUT2D eigenvalue weighted by Gasteiger charge is 2.33. The van der Waals surface area contributed by atoms with Gasteiger partial charge in [0.2, 0.25) is 5.91 Å². The minimum absolute atomic E-state index is 0.0653. The normalized spacial score (nSPS) is 17.9. The van der Waals surface area contributed by atoms with E-state index in [9.17, 15) is 18.8 Å². The number of anilines is 2. The molecule has 13 heteroatoms. The van der Waals surface area contributed by atoms with E-state index in [-0.39, 0.29) is 64.1 Å². The number of carbonyl (C=O) groups is 3. The van der Waals surface area contributed by atoms with Crippen molar-refractivity contribution in [2.45, 2.75) is 13.0 Å². The molecule has 12 nitrogen and oxygen atoms in total. The van der Waals surface area contributed by atoms with E-state index in [1.807, 2.05) is 0 Å². The first-order valence-electron chi connectivity index (χ1n) is 10.4. The van der Waals surface area contributed by atoms with Crippen molar-refractivity contribution in [3.05, 3.63) is 24.0 Å². The van der Waals surface area contributed by atoms with Gasteiger partial charge in [0.1, 0.15) is 18.3 Å². The monoisotopic (exact) mass is 466 g/mol. The molecule has 0 spiro atoms. The Morgan fingerprint density at radius 1 is 1.27 bits per heavy atom. The minimum Gasteiger partial charge on any atom is -0.442 e. The summed E-state index contributed by atoms with van der Waals surface area (Å²) in [7, 11) is 0. The second-order valence-electron chi connectivity index (χ2n) is 7.45. The lowest BCUT2D eigenvalue weighted by atomic mass is 10.2. The lowest BCUT2D eigenvalue weighted by Crippen LogP contribution is -2.48. The van der Waals surface area contributed by atoms with Crippen LogP contribution in [-0.2, 0) is 9.53 Å². The molecule has 1 aromatic rings. The van der Waals surface area contributed by atoms with E-state index in [2.05, 4.69) is 10.4 Å². The molecular formula is C20H27FN6O6. The van der Waals surface area contributed by atoms with E-state index in [1.54, 1.807) is 6.07 Å². The fourth-order valence-electron chi connectivity index (χ4n) is 3.47. The number of rotatable bonds is 8. The number of hydrazone groups is 1. The van der Waals surface area contributed by atoms with Crippen LogP contribution in [0.5, 0.6) is 0 Å².